The molecule has 2 aliphatic rings. The Morgan fingerprint density at radius 2 is 1.79 bits per heavy atom. The number of carbonyl (C=O) groups is 2. The molecule has 0 unspecified atom stereocenters. The summed E-state index contributed by atoms with van der Waals surface area (Å²) in [5, 5.41) is 15.5. The van der Waals surface area contributed by atoms with Crippen molar-refractivity contribution in [2.24, 2.45) is 0 Å². The summed E-state index contributed by atoms with van der Waals surface area (Å²) in [6, 6.07) is 10.4. The molecule has 6 rings (SSSR count). The van der Waals surface area contributed by atoms with Gasteiger partial charge >= 0.3 is 6.16 Å². The highest BCUT2D eigenvalue weighted by molar-refractivity contribution is 6.17. The van der Waals surface area contributed by atoms with Crippen LogP contribution in [0.3, 0.4) is 0 Å². The molecule has 3 aromatic carbocycles. The highest BCUT2D eigenvalue weighted by Gasteiger charge is 2.30. The van der Waals surface area contributed by atoms with E-state index in [0.717, 1.165) is 51.3 Å². The minimum Gasteiger partial charge on any atom is -0.395 e. The number of ether oxygens (including phenoxy) is 2. The third-order valence-electron chi connectivity index (χ3n) is 6.22. The number of benzene rings is 3. The van der Waals surface area contributed by atoms with Crippen LogP contribution in [0.4, 0.5) is 10.5 Å². The minimum absolute atomic E-state index is 0.0758. The maximum Gasteiger partial charge on any atom is 0.519 e. The lowest BCUT2D eigenvalue weighted by molar-refractivity contribution is -0.384. The standard InChI is InChI=1S/C25H17N3O6/c29-24-22-16-3-1-2-4-17(16)23-21(19(22)12-26-24)18-11-15(9-10-20(18)27-23)34-25(30)33-14-7-5-13(6-8-14)28(31)32/h1,3,5-11,27H,2,4,12H2,(H,26,29). The topological polar surface area (TPSA) is 124 Å². The number of hydrogen-bond donors (Lipinski definition) is 2. The molecule has 0 fully saturated rings. The van der Waals surface area contributed by atoms with Gasteiger partial charge in [-0.1, -0.05) is 12.2 Å². The average molecular weight is 455 g/mol. The van der Waals surface area contributed by atoms with Gasteiger partial charge in [-0.15, -0.1) is 0 Å². The van der Waals surface area contributed by atoms with Gasteiger partial charge in [0.2, 0.25) is 0 Å². The number of aromatic amines is 1. The molecule has 0 radical (unpaired) electrons. The number of H-pyrrole nitrogens is 1. The van der Waals surface area contributed by atoms with E-state index in [1.165, 1.54) is 24.3 Å². The number of hydrogen-bond acceptors (Lipinski definition) is 6. The molecule has 4 aromatic rings. The van der Waals surface area contributed by atoms with Gasteiger partial charge in [-0.3, -0.25) is 14.9 Å². The predicted octanol–water partition coefficient (Wildman–Crippen LogP) is 5.01. The van der Waals surface area contributed by atoms with Crippen molar-refractivity contribution in [3.05, 3.63) is 80.9 Å². The summed E-state index contributed by atoms with van der Waals surface area (Å²) < 4.78 is 10.5. The van der Waals surface area contributed by atoms with Crippen LogP contribution in [0, 0.1) is 10.1 Å². The number of nitro groups is 1. The number of rotatable bonds is 3. The monoisotopic (exact) mass is 455 g/mol. The zero-order chi connectivity index (χ0) is 23.4. The summed E-state index contributed by atoms with van der Waals surface area (Å²) >= 11 is 0. The fourth-order valence-corrected chi connectivity index (χ4v) is 4.76. The van der Waals surface area contributed by atoms with E-state index in [0.29, 0.717) is 12.1 Å². The SMILES string of the molecule is O=C(Oc1ccc([N+](=O)[O-])cc1)Oc1ccc2[nH]c3c4c(c5c(c3c2c1)CNC5=O)C=CCC4. The molecule has 0 saturated heterocycles. The van der Waals surface area contributed by atoms with Gasteiger partial charge in [0, 0.05) is 35.0 Å². The number of allylic oxidation sites excluding steroid dienone is 1. The first kappa shape index (κ1) is 20.0. The summed E-state index contributed by atoms with van der Waals surface area (Å²) in [6.07, 6.45) is 4.89. The third-order valence-corrected chi connectivity index (χ3v) is 6.22. The van der Waals surface area contributed by atoms with Crippen LogP contribution < -0.4 is 14.8 Å². The van der Waals surface area contributed by atoms with E-state index in [1.807, 2.05) is 12.1 Å². The van der Waals surface area contributed by atoms with Crippen LogP contribution in [0.5, 0.6) is 11.5 Å². The molecule has 0 spiro atoms. The summed E-state index contributed by atoms with van der Waals surface area (Å²) in [6.45, 7) is 0.437. The highest BCUT2D eigenvalue weighted by Crippen LogP contribution is 2.41. The van der Waals surface area contributed by atoms with Crippen LogP contribution in [0.1, 0.15) is 33.5 Å². The Kier molecular flexibility index (Phi) is 4.38. The molecular formula is C25H17N3O6. The summed E-state index contributed by atoms with van der Waals surface area (Å²) in [5.74, 6) is 0.336. The van der Waals surface area contributed by atoms with Gasteiger partial charge < -0.3 is 19.8 Å². The Balaban J connectivity index is 1.37. The zero-order valence-corrected chi connectivity index (χ0v) is 17.7. The van der Waals surface area contributed by atoms with Gasteiger partial charge in [0.25, 0.3) is 11.6 Å². The molecular weight excluding hydrogens is 438 g/mol. The fourth-order valence-electron chi connectivity index (χ4n) is 4.76. The molecule has 1 amide bonds. The van der Waals surface area contributed by atoms with Crippen molar-refractivity contribution in [3.8, 4) is 11.5 Å². The summed E-state index contributed by atoms with van der Waals surface area (Å²) in [7, 11) is 0. The van der Waals surface area contributed by atoms with Crippen LogP contribution in [-0.2, 0) is 13.0 Å². The normalized spacial score (nSPS) is 14.1. The van der Waals surface area contributed by atoms with Crippen LogP contribution in [0.25, 0.3) is 27.9 Å². The van der Waals surface area contributed by atoms with Crippen molar-refractivity contribution in [1.29, 1.82) is 0 Å². The Hall–Kier alpha value is -4.66. The molecule has 9 nitrogen and oxygen atoms in total. The van der Waals surface area contributed by atoms with E-state index in [2.05, 4.69) is 16.4 Å². The van der Waals surface area contributed by atoms with Crippen molar-refractivity contribution in [2.75, 3.05) is 0 Å². The van der Waals surface area contributed by atoms with E-state index >= 15 is 0 Å². The number of amides is 1. The zero-order valence-electron chi connectivity index (χ0n) is 17.7. The number of nitrogens with zero attached hydrogens (tertiary/aromatic N) is 1. The maximum atomic E-state index is 12.6. The lowest BCUT2D eigenvalue weighted by Crippen LogP contribution is -2.14. The largest absolute Gasteiger partial charge is 0.519 e. The number of fused-ring (bicyclic) bond motifs is 8. The van der Waals surface area contributed by atoms with Gasteiger partial charge in [-0.2, -0.15) is 0 Å². The first-order valence-electron chi connectivity index (χ1n) is 10.7. The maximum absolute atomic E-state index is 12.6. The molecule has 9 heteroatoms. The first-order valence-corrected chi connectivity index (χ1v) is 10.7. The molecule has 0 bridgehead atoms. The molecule has 0 saturated carbocycles. The molecule has 1 aliphatic carbocycles. The van der Waals surface area contributed by atoms with Gasteiger partial charge in [-0.05, 0) is 59.9 Å². The lowest BCUT2D eigenvalue weighted by atomic mass is 9.87. The second kappa shape index (κ2) is 7.45. The van der Waals surface area contributed by atoms with Crippen LogP contribution in [0.15, 0.2) is 48.5 Å². The van der Waals surface area contributed by atoms with Crippen LogP contribution in [0.2, 0.25) is 0 Å². The molecule has 1 aromatic heterocycles. The average Bonchev–Trinajstić information content (AvgIpc) is 3.40. The Bertz CT molecular complexity index is 1570. The highest BCUT2D eigenvalue weighted by atomic mass is 16.7. The smallest absolute Gasteiger partial charge is 0.395 e. The minimum atomic E-state index is -0.961. The lowest BCUT2D eigenvalue weighted by Gasteiger charge is -2.15. The molecule has 1 aliphatic heterocycles. The first-order chi connectivity index (χ1) is 16.5. The third kappa shape index (κ3) is 3.09. The van der Waals surface area contributed by atoms with Gasteiger partial charge in [-0.25, -0.2) is 4.79 Å². The Labute approximate surface area is 192 Å². The summed E-state index contributed by atoms with van der Waals surface area (Å²) in [4.78, 5) is 38.6. The second-order valence-corrected chi connectivity index (χ2v) is 8.16. The number of aryl methyl sites for hydroxylation is 1. The van der Waals surface area contributed by atoms with Crippen molar-refractivity contribution in [3.63, 3.8) is 0 Å². The fraction of sp³-hybridized carbons (Fsp3) is 0.120. The molecule has 2 heterocycles. The number of nitrogens with one attached hydrogen (secondary N) is 2. The van der Waals surface area contributed by atoms with E-state index < -0.39 is 11.1 Å². The molecule has 2 N–H and O–H groups in total. The Morgan fingerprint density at radius 1 is 1.03 bits per heavy atom. The molecule has 168 valence electrons. The van der Waals surface area contributed by atoms with Crippen LogP contribution >= 0.6 is 0 Å². The van der Waals surface area contributed by atoms with Crippen molar-refractivity contribution < 1.29 is 24.0 Å². The molecule has 0 atom stereocenters. The number of carbonyl (C=O) groups excluding carboxylic acids is 2. The quantitative estimate of drug-likeness (QED) is 0.194. The van der Waals surface area contributed by atoms with Gasteiger partial charge in [0.15, 0.2) is 0 Å². The van der Waals surface area contributed by atoms with Gasteiger partial charge in [0.1, 0.15) is 11.5 Å². The summed E-state index contributed by atoms with van der Waals surface area (Å²) in [5.41, 5.74) is 5.49. The van der Waals surface area contributed by atoms with E-state index in [-0.39, 0.29) is 23.1 Å². The second-order valence-electron chi connectivity index (χ2n) is 8.16. The van der Waals surface area contributed by atoms with E-state index in [9.17, 15) is 19.7 Å². The van der Waals surface area contributed by atoms with Gasteiger partial charge in [0.05, 0.1) is 16.0 Å². The number of non-ortho nitro benzene ring substituents is 1. The van der Waals surface area contributed by atoms with E-state index in [4.69, 9.17) is 9.47 Å². The van der Waals surface area contributed by atoms with Crippen molar-refractivity contribution in [1.82, 2.24) is 10.3 Å². The predicted molar refractivity (Wildman–Crippen MR) is 124 cm³/mol. The van der Waals surface area contributed by atoms with Crippen molar-refractivity contribution >= 4 is 45.6 Å². The van der Waals surface area contributed by atoms with Crippen LogP contribution in [-0.4, -0.2) is 22.0 Å². The Morgan fingerprint density at radius 3 is 2.59 bits per heavy atom. The van der Waals surface area contributed by atoms with E-state index in [1.54, 1.807) is 12.1 Å². The molecule has 34 heavy (non-hydrogen) atoms. The number of nitro benzene ring substituents is 1. The number of aromatic nitrogens is 1. The van der Waals surface area contributed by atoms with Crippen molar-refractivity contribution in [2.45, 2.75) is 19.4 Å².